The predicted molar refractivity (Wildman–Crippen MR) is 100 cm³/mol. The van der Waals surface area contributed by atoms with Gasteiger partial charge >= 0.3 is 6.61 Å². The Balaban J connectivity index is 1.57. The first-order valence-electron chi connectivity index (χ1n) is 9.04. The van der Waals surface area contributed by atoms with Gasteiger partial charge in [0, 0.05) is 30.2 Å². The highest BCUT2D eigenvalue weighted by molar-refractivity contribution is 6.00. The molecule has 3 rings (SSSR count). The van der Waals surface area contributed by atoms with Crippen LogP contribution in [-0.2, 0) is 17.6 Å². The highest BCUT2D eigenvalue weighted by Crippen LogP contribution is 2.31. The second-order valence-corrected chi connectivity index (χ2v) is 6.55. The number of anilines is 1. The summed E-state index contributed by atoms with van der Waals surface area (Å²) >= 11 is 0. The molecule has 1 N–H and O–H groups in total. The van der Waals surface area contributed by atoms with Gasteiger partial charge in [0.1, 0.15) is 0 Å². The van der Waals surface area contributed by atoms with E-state index in [1.54, 1.807) is 0 Å². The number of Topliss-reactive ketones (excluding diaryl/α,β-unsaturated/α-hetero) is 1. The molecule has 0 unspecified atom stereocenters. The molecular weight excluding hydrogens is 368 g/mol. The van der Waals surface area contributed by atoms with Crippen LogP contribution in [0.4, 0.5) is 14.5 Å². The minimum absolute atomic E-state index is 0.00696. The van der Waals surface area contributed by atoms with E-state index in [2.05, 4.69) is 10.1 Å². The number of rotatable bonds is 8. The van der Waals surface area contributed by atoms with Crippen molar-refractivity contribution in [3.63, 3.8) is 0 Å². The van der Waals surface area contributed by atoms with E-state index >= 15 is 0 Å². The Morgan fingerprint density at radius 2 is 1.82 bits per heavy atom. The smallest absolute Gasteiger partial charge is 0.387 e. The molecule has 0 bridgehead atoms. The van der Waals surface area contributed by atoms with Gasteiger partial charge in [0.05, 0.1) is 7.11 Å². The lowest BCUT2D eigenvalue weighted by Crippen LogP contribution is -2.14. The lowest BCUT2D eigenvalue weighted by Gasteiger charge is -2.12. The minimum atomic E-state index is -3.01. The molecule has 148 valence electrons. The normalized spacial score (nSPS) is 12.6. The SMILES string of the molecule is COc1ccc(NC(=O)CCC(=O)c2ccc3c(c2)CCC3)cc1OC(F)F. The lowest BCUT2D eigenvalue weighted by atomic mass is 10.0. The number of methoxy groups -OCH3 is 1. The molecule has 7 heteroatoms. The molecule has 0 spiro atoms. The molecular formula is C21H21F2NO4. The molecule has 1 aliphatic rings. The van der Waals surface area contributed by atoms with E-state index in [1.807, 2.05) is 18.2 Å². The summed E-state index contributed by atoms with van der Waals surface area (Å²) in [6.45, 7) is -3.01. The fraction of sp³-hybridized carbons (Fsp3) is 0.333. The van der Waals surface area contributed by atoms with Gasteiger partial charge in [-0.1, -0.05) is 12.1 Å². The van der Waals surface area contributed by atoms with Crippen LogP contribution in [0.2, 0.25) is 0 Å². The topological polar surface area (TPSA) is 64.6 Å². The predicted octanol–water partition coefficient (Wildman–Crippen LogP) is 4.39. The van der Waals surface area contributed by atoms with Gasteiger partial charge in [-0.05, 0) is 48.6 Å². The zero-order valence-corrected chi connectivity index (χ0v) is 15.5. The summed E-state index contributed by atoms with van der Waals surface area (Å²) in [6.07, 6.45) is 3.20. The molecule has 28 heavy (non-hydrogen) atoms. The number of halogens is 2. The maximum atomic E-state index is 12.5. The number of carbonyl (C=O) groups excluding carboxylic acids is 2. The second kappa shape index (κ2) is 8.82. The van der Waals surface area contributed by atoms with E-state index in [0.717, 1.165) is 19.3 Å². The van der Waals surface area contributed by atoms with Crippen LogP contribution >= 0.6 is 0 Å². The van der Waals surface area contributed by atoms with Crippen molar-refractivity contribution in [3.05, 3.63) is 53.1 Å². The van der Waals surface area contributed by atoms with Crippen LogP contribution < -0.4 is 14.8 Å². The third-order valence-electron chi connectivity index (χ3n) is 4.66. The minimum Gasteiger partial charge on any atom is -0.493 e. The van der Waals surface area contributed by atoms with Crippen LogP contribution in [0.1, 0.15) is 40.7 Å². The second-order valence-electron chi connectivity index (χ2n) is 6.55. The van der Waals surface area contributed by atoms with Crippen molar-refractivity contribution in [2.75, 3.05) is 12.4 Å². The number of ketones is 1. The monoisotopic (exact) mass is 389 g/mol. The molecule has 0 atom stereocenters. The number of alkyl halides is 2. The molecule has 2 aromatic carbocycles. The number of fused-ring (bicyclic) bond motifs is 1. The van der Waals surface area contributed by atoms with E-state index in [0.29, 0.717) is 5.56 Å². The van der Waals surface area contributed by atoms with Crippen LogP contribution in [0.15, 0.2) is 36.4 Å². The Bertz CT molecular complexity index is 883. The first-order chi connectivity index (χ1) is 13.5. The fourth-order valence-electron chi connectivity index (χ4n) is 3.28. The lowest BCUT2D eigenvalue weighted by molar-refractivity contribution is -0.116. The first-order valence-corrected chi connectivity index (χ1v) is 9.04. The molecule has 1 amide bonds. The molecule has 0 saturated heterocycles. The van der Waals surface area contributed by atoms with Gasteiger partial charge in [-0.3, -0.25) is 9.59 Å². The van der Waals surface area contributed by atoms with E-state index in [1.165, 1.54) is 36.4 Å². The number of hydrogen-bond acceptors (Lipinski definition) is 4. The van der Waals surface area contributed by atoms with Crippen molar-refractivity contribution in [2.45, 2.75) is 38.7 Å². The largest absolute Gasteiger partial charge is 0.493 e. The molecule has 0 saturated carbocycles. The molecule has 0 fully saturated rings. The number of benzene rings is 2. The van der Waals surface area contributed by atoms with Crippen molar-refractivity contribution in [3.8, 4) is 11.5 Å². The maximum Gasteiger partial charge on any atom is 0.387 e. The highest BCUT2D eigenvalue weighted by Gasteiger charge is 2.16. The third kappa shape index (κ3) is 4.85. The zero-order chi connectivity index (χ0) is 20.1. The molecule has 1 aliphatic carbocycles. The van der Waals surface area contributed by atoms with E-state index < -0.39 is 6.61 Å². The molecule has 2 aromatic rings. The Labute approximate surface area is 161 Å². The summed E-state index contributed by atoms with van der Waals surface area (Å²) in [5.41, 5.74) is 3.40. The zero-order valence-electron chi connectivity index (χ0n) is 15.5. The van der Waals surface area contributed by atoms with Crippen molar-refractivity contribution < 1.29 is 27.8 Å². The maximum absolute atomic E-state index is 12.5. The van der Waals surface area contributed by atoms with Gasteiger partial charge < -0.3 is 14.8 Å². The Hall–Kier alpha value is -2.96. The number of carbonyl (C=O) groups is 2. The molecule has 0 radical (unpaired) electrons. The first kappa shape index (κ1) is 19.8. The van der Waals surface area contributed by atoms with Crippen LogP contribution in [0.3, 0.4) is 0 Å². The number of hydrogen-bond donors (Lipinski definition) is 1. The Morgan fingerprint density at radius 1 is 1.04 bits per heavy atom. The summed E-state index contributed by atoms with van der Waals surface area (Å²) in [4.78, 5) is 24.5. The van der Waals surface area contributed by atoms with Crippen LogP contribution in [0.5, 0.6) is 11.5 Å². The van der Waals surface area contributed by atoms with Crippen molar-refractivity contribution in [2.24, 2.45) is 0 Å². The molecule has 0 heterocycles. The fourth-order valence-corrected chi connectivity index (χ4v) is 3.28. The molecule has 0 aromatic heterocycles. The number of ether oxygens (including phenoxy) is 2. The third-order valence-corrected chi connectivity index (χ3v) is 4.66. The average molecular weight is 389 g/mol. The summed E-state index contributed by atoms with van der Waals surface area (Å²) in [6, 6.07) is 9.89. The number of nitrogens with one attached hydrogen (secondary N) is 1. The van der Waals surface area contributed by atoms with Crippen LogP contribution in [-0.4, -0.2) is 25.4 Å². The van der Waals surface area contributed by atoms with Gasteiger partial charge in [-0.2, -0.15) is 8.78 Å². The van der Waals surface area contributed by atoms with Gasteiger partial charge in [-0.25, -0.2) is 0 Å². The van der Waals surface area contributed by atoms with Gasteiger partial charge in [0.25, 0.3) is 0 Å². The van der Waals surface area contributed by atoms with Crippen molar-refractivity contribution in [1.82, 2.24) is 0 Å². The van der Waals surface area contributed by atoms with Crippen molar-refractivity contribution >= 4 is 17.4 Å². The number of amides is 1. The Kier molecular flexibility index (Phi) is 6.23. The van der Waals surface area contributed by atoms with Crippen LogP contribution in [0.25, 0.3) is 0 Å². The summed E-state index contributed by atoms with van der Waals surface area (Å²) < 4.78 is 34.3. The quantitative estimate of drug-likeness (QED) is 0.680. The number of aryl methyl sites for hydroxylation is 2. The van der Waals surface area contributed by atoms with Crippen LogP contribution in [0, 0.1) is 0 Å². The van der Waals surface area contributed by atoms with Gasteiger partial charge in [0.15, 0.2) is 17.3 Å². The van der Waals surface area contributed by atoms with Crippen molar-refractivity contribution in [1.29, 1.82) is 0 Å². The summed E-state index contributed by atoms with van der Waals surface area (Å²) in [5.74, 6) is -0.529. The Morgan fingerprint density at radius 3 is 2.57 bits per heavy atom. The highest BCUT2D eigenvalue weighted by atomic mass is 19.3. The average Bonchev–Trinajstić information content (AvgIpc) is 3.13. The molecule has 0 aliphatic heterocycles. The van der Waals surface area contributed by atoms with E-state index in [9.17, 15) is 18.4 Å². The van der Waals surface area contributed by atoms with E-state index in [4.69, 9.17) is 4.74 Å². The van der Waals surface area contributed by atoms with Gasteiger partial charge in [-0.15, -0.1) is 0 Å². The summed E-state index contributed by atoms with van der Waals surface area (Å²) in [7, 11) is 1.33. The van der Waals surface area contributed by atoms with E-state index in [-0.39, 0.29) is 41.7 Å². The van der Waals surface area contributed by atoms with Gasteiger partial charge in [0.2, 0.25) is 5.91 Å². The standard InChI is InChI=1S/C21H21F2NO4/c1-27-18-9-7-16(12-19(18)28-21(22)23)24-20(26)10-8-17(25)15-6-5-13-3-2-4-14(13)11-15/h5-7,9,11-12,21H,2-4,8,10H2,1H3,(H,24,26). The molecule has 5 nitrogen and oxygen atoms in total. The summed E-state index contributed by atoms with van der Waals surface area (Å²) in [5, 5.41) is 2.58.